The summed E-state index contributed by atoms with van der Waals surface area (Å²) in [5, 5.41) is 24.7. The standard InChI is InChI=1S/C36H34O6.C34H34O8/c1-25(2)35(37)41-23-21-39-33-29(27-13-7-5-8-14-27)17-11-19-31(33)32-20-12-18-30(28-15-9-6-10-16-28)34(32)40-22-24-42-36(38)26(3)4;1-21(2)33(37)41-19-25(35)17-39-29-15-13-23-9-5-7-11-27(23)31(29)32-28-12-8-6-10-24(28)14-16-30(32)40-18-26(36)20-42-34(38)22(3)4/h5-20H,1,3,21-24H2,2,4H3;5-16,25-26,35-36H,1,3,17-20H2,2,4H3. The number of ether oxygens (including phenoxy) is 8. The number of benzene rings is 8. The van der Waals surface area contributed by atoms with Crippen LogP contribution in [0.2, 0.25) is 0 Å². The molecule has 2 atom stereocenters. The minimum absolute atomic E-state index is 0.0652. The zero-order chi connectivity index (χ0) is 60.1. The smallest absolute Gasteiger partial charge is 0.333 e. The average Bonchev–Trinajstić information content (AvgIpc) is 1.90. The van der Waals surface area contributed by atoms with Gasteiger partial charge < -0.3 is 48.1 Å². The van der Waals surface area contributed by atoms with Gasteiger partial charge in [-0.25, -0.2) is 19.2 Å². The number of carbonyl (C=O) groups excluding carboxylic acids is 4. The van der Waals surface area contributed by atoms with Crippen molar-refractivity contribution in [1.82, 2.24) is 0 Å². The molecule has 0 amide bonds. The van der Waals surface area contributed by atoms with Crippen LogP contribution >= 0.6 is 0 Å². The highest BCUT2D eigenvalue weighted by atomic mass is 16.6. The van der Waals surface area contributed by atoms with E-state index in [9.17, 15) is 29.4 Å². The molecule has 0 heterocycles. The third-order valence-electron chi connectivity index (χ3n) is 12.7. The van der Waals surface area contributed by atoms with Crippen molar-refractivity contribution in [3.05, 3.63) is 218 Å². The topological polar surface area (TPSA) is 183 Å². The van der Waals surface area contributed by atoms with Gasteiger partial charge in [0.25, 0.3) is 0 Å². The highest BCUT2D eigenvalue weighted by Gasteiger charge is 2.23. The van der Waals surface area contributed by atoms with Gasteiger partial charge >= 0.3 is 23.9 Å². The summed E-state index contributed by atoms with van der Waals surface area (Å²) in [4.78, 5) is 47.3. The summed E-state index contributed by atoms with van der Waals surface area (Å²) in [5.41, 5.74) is 7.90. The maximum atomic E-state index is 11.9. The van der Waals surface area contributed by atoms with Gasteiger partial charge in [-0.05, 0) is 72.5 Å². The van der Waals surface area contributed by atoms with Crippen LogP contribution in [0.4, 0.5) is 0 Å². The van der Waals surface area contributed by atoms with Gasteiger partial charge in [0.15, 0.2) is 0 Å². The number of para-hydroxylation sites is 2. The van der Waals surface area contributed by atoms with Gasteiger partial charge in [0.05, 0.1) is 0 Å². The van der Waals surface area contributed by atoms with Crippen LogP contribution < -0.4 is 18.9 Å². The number of rotatable bonds is 26. The molecule has 0 aliphatic heterocycles. The van der Waals surface area contributed by atoms with E-state index in [1.807, 2.05) is 170 Å². The Labute approximate surface area is 489 Å². The molecule has 0 fully saturated rings. The number of fused-ring (bicyclic) bond motifs is 2. The molecule has 8 rings (SSSR count). The van der Waals surface area contributed by atoms with E-state index in [0.717, 1.165) is 66.1 Å². The van der Waals surface area contributed by atoms with Gasteiger partial charge in [0, 0.05) is 55.7 Å². The lowest BCUT2D eigenvalue weighted by Crippen LogP contribution is -2.25. The Bertz CT molecular complexity index is 3420. The van der Waals surface area contributed by atoms with Crippen molar-refractivity contribution < 1.29 is 67.3 Å². The summed E-state index contributed by atoms with van der Waals surface area (Å²) in [6, 6.07) is 54.9. The van der Waals surface area contributed by atoms with E-state index in [-0.39, 0.29) is 64.0 Å². The van der Waals surface area contributed by atoms with E-state index >= 15 is 0 Å². The summed E-state index contributed by atoms with van der Waals surface area (Å²) >= 11 is 0. The summed E-state index contributed by atoms with van der Waals surface area (Å²) in [5.74, 6) is 0.108. The number of esters is 4. The highest BCUT2D eigenvalue weighted by Crippen LogP contribution is 2.47. The fourth-order valence-corrected chi connectivity index (χ4v) is 8.62. The van der Waals surface area contributed by atoms with E-state index in [1.54, 1.807) is 13.8 Å². The summed E-state index contributed by atoms with van der Waals surface area (Å²) in [7, 11) is 0. The number of hydrogen-bond donors (Lipinski definition) is 2. The van der Waals surface area contributed by atoms with Gasteiger partial charge in [-0.15, -0.1) is 0 Å². The lowest BCUT2D eigenvalue weighted by Gasteiger charge is -2.21. The third kappa shape index (κ3) is 16.7. The van der Waals surface area contributed by atoms with Crippen molar-refractivity contribution in [2.24, 2.45) is 0 Å². The summed E-state index contributed by atoms with van der Waals surface area (Å²) in [6.07, 6.45) is -2.15. The van der Waals surface area contributed by atoms with Crippen LogP contribution in [-0.2, 0) is 38.1 Å². The van der Waals surface area contributed by atoms with E-state index < -0.39 is 36.1 Å². The Morgan fingerprint density at radius 3 is 1.06 bits per heavy atom. The molecule has 0 saturated carbocycles. The Morgan fingerprint density at radius 2 is 0.690 bits per heavy atom. The first-order chi connectivity index (χ1) is 40.5. The Hall–Kier alpha value is -9.76. The first-order valence-corrected chi connectivity index (χ1v) is 27.1. The molecule has 0 aromatic heterocycles. The van der Waals surface area contributed by atoms with Crippen molar-refractivity contribution >= 4 is 45.4 Å². The van der Waals surface area contributed by atoms with Crippen LogP contribution in [0.15, 0.2) is 218 Å². The van der Waals surface area contributed by atoms with Gasteiger partial charge in [0.1, 0.15) is 88.1 Å². The second kappa shape index (κ2) is 30.3. The monoisotopic (exact) mass is 1130 g/mol. The minimum atomic E-state index is -1.08. The Morgan fingerprint density at radius 1 is 0.357 bits per heavy atom. The molecular formula is C70H68O14. The molecule has 0 saturated heterocycles. The van der Waals surface area contributed by atoms with E-state index in [2.05, 4.69) is 26.3 Å². The molecule has 0 spiro atoms. The summed E-state index contributed by atoms with van der Waals surface area (Å²) < 4.78 is 45.7. The fourth-order valence-electron chi connectivity index (χ4n) is 8.62. The predicted molar refractivity (Wildman–Crippen MR) is 327 cm³/mol. The molecule has 0 bridgehead atoms. The molecule has 84 heavy (non-hydrogen) atoms. The zero-order valence-electron chi connectivity index (χ0n) is 47.6. The average molecular weight is 1130 g/mol. The maximum absolute atomic E-state index is 11.9. The number of carbonyl (C=O) groups is 4. The van der Waals surface area contributed by atoms with Gasteiger partial charge in [-0.1, -0.05) is 184 Å². The first kappa shape index (κ1) is 61.9. The van der Waals surface area contributed by atoms with Crippen LogP contribution in [0.3, 0.4) is 0 Å². The Kier molecular flexibility index (Phi) is 22.3. The summed E-state index contributed by atoms with van der Waals surface area (Å²) in [6.45, 7) is 20.3. The van der Waals surface area contributed by atoms with E-state index in [4.69, 9.17) is 37.9 Å². The minimum Gasteiger partial charge on any atom is -0.490 e. The van der Waals surface area contributed by atoms with Crippen molar-refractivity contribution in [1.29, 1.82) is 0 Å². The fraction of sp³-hybridized carbons (Fsp3) is 0.200. The molecule has 0 aliphatic carbocycles. The molecule has 8 aromatic carbocycles. The molecular weight excluding hydrogens is 1060 g/mol. The lowest BCUT2D eigenvalue weighted by molar-refractivity contribution is -0.143. The maximum Gasteiger partial charge on any atom is 0.333 e. The highest BCUT2D eigenvalue weighted by molar-refractivity contribution is 6.10. The number of aliphatic hydroxyl groups excluding tert-OH is 2. The van der Waals surface area contributed by atoms with Gasteiger partial charge in [-0.3, -0.25) is 0 Å². The molecule has 2 N–H and O–H groups in total. The lowest BCUT2D eigenvalue weighted by atomic mass is 9.92. The second-order valence-electron chi connectivity index (χ2n) is 19.6. The van der Waals surface area contributed by atoms with Crippen molar-refractivity contribution in [2.45, 2.75) is 39.9 Å². The van der Waals surface area contributed by atoms with Gasteiger partial charge in [-0.2, -0.15) is 0 Å². The quantitative estimate of drug-likeness (QED) is 0.0226. The zero-order valence-corrected chi connectivity index (χ0v) is 47.6. The van der Waals surface area contributed by atoms with Crippen molar-refractivity contribution in [2.75, 3.05) is 52.9 Å². The van der Waals surface area contributed by atoms with Crippen LogP contribution in [0, 0.1) is 0 Å². The number of hydrogen-bond acceptors (Lipinski definition) is 14. The molecule has 8 aromatic rings. The normalized spacial score (nSPS) is 11.4. The molecule has 14 heteroatoms. The molecule has 14 nitrogen and oxygen atoms in total. The second-order valence-corrected chi connectivity index (χ2v) is 19.6. The van der Waals surface area contributed by atoms with E-state index in [0.29, 0.717) is 34.1 Å². The van der Waals surface area contributed by atoms with Crippen LogP contribution in [0.5, 0.6) is 23.0 Å². The third-order valence-corrected chi connectivity index (χ3v) is 12.7. The number of aliphatic hydroxyl groups is 2. The van der Waals surface area contributed by atoms with Crippen molar-refractivity contribution in [3.8, 4) is 67.5 Å². The molecule has 0 radical (unpaired) electrons. The van der Waals surface area contributed by atoms with Crippen LogP contribution in [-0.4, -0.2) is 99.2 Å². The van der Waals surface area contributed by atoms with E-state index in [1.165, 1.54) is 13.8 Å². The van der Waals surface area contributed by atoms with Gasteiger partial charge in [0.2, 0.25) is 0 Å². The first-order valence-electron chi connectivity index (χ1n) is 27.1. The van der Waals surface area contributed by atoms with Crippen LogP contribution in [0.25, 0.3) is 66.1 Å². The molecule has 432 valence electrons. The molecule has 0 aliphatic rings. The largest absolute Gasteiger partial charge is 0.490 e. The SMILES string of the molecule is C=C(C)C(=O)OCC(O)COc1ccc2ccccc2c1-c1c(OCC(O)COC(=O)C(=C)C)ccc2ccccc12.C=C(C)C(=O)OCCOc1c(-c2ccccc2)cccc1-c1cccc(-c2ccccc2)c1OCCOC(=O)C(=C)C. The Balaban J connectivity index is 0.000000241. The molecule has 2 unspecified atom stereocenters. The van der Waals surface area contributed by atoms with Crippen molar-refractivity contribution in [3.63, 3.8) is 0 Å². The van der Waals surface area contributed by atoms with Crippen LogP contribution in [0.1, 0.15) is 27.7 Å². The predicted octanol–water partition coefficient (Wildman–Crippen LogP) is 13.1.